The molecule has 0 unspecified atom stereocenters. The number of imide groups is 2. The first kappa shape index (κ1) is 10.8. The molecule has 0 atom stereocenters. The van der Waals surface area contributed by atoms with Crippen LogP contribution in [0.1, 0.15) is 12.0 Å². The van der Waals surface area contributed by atoms with Crippen LogP contribution in [0.2, 0.25) is 0 Å². The Morgan fingerprint density at radius 1 is 1.19 bits per heavy atom. The number of urea groups is 1. The number of nitrogens with one attached hydrogen (secondary N) is 2. The van der Waals surface area contributed by atoms with Gasteiger partial charge >= 0.3 is 6.03 Å². The van der Waals surface area contributed by atoms with Gasteiger partial charge in [0.05, 0.1) is 0 Å². The van der Waals surface area contributed by atoms with Gasteiger partial charge in [-0.1, -0.05) is 0 Å². The predicted molar refractivity (Wildman–Crippen MR) is 57.8 cm³/mol. The van der Waals surface area contributed by atoms with Crippen LogP contribution >= 0.6 is 11.3 Å². The summed E-state index contributed by atoms with van der Waals surface area (Å²) in [5, 5.41) is 8.09. The third-order valence-corrected chi connectivity index (χ3v) is 3.14. The number of thiophene rings is 1. The summed E-state index contributed by atoms with van der Waals surface area (Å²) in [5.74, 6) is -1.79. The summed E-state index contributed by atoms with van der Waals surface area (Å²) in [6.45, 7) is 0. The molecule has 1 aliphatic heterocycles. The average Bonchev–Trinajstić information content (AvgIpc) is 2.68. The van der Waals surface area contributed by atoms with Crippen LogP contribution in [0.5, 0.6) is 0 Å². The lowest BCUT2D eigenvalue weighted by Crippen LogP contribution is -2.55. The van der Waals surface area contributed by atoms with Gasteiger partial charge in [0.15, 0.2) is 0 Å². The topological polar surface area (TPSA) is 75.3 Å². The zero-order chi connectivity index (χ0) is 11.5. The minimum absolute atomic E-state index is 0.418. The van der Waals surface area contributed by atoms with Crippen LogP contribution in [-0.4, -0.2) is 17.8 Å². The van der Waals surface area contributed by atoms with Crippen molar-refractivity contribution in [1.82, 2.24) is 10.6 Å². The number of hydrogen-bond donors (Lipinski definition) is 2. The molecule has 0 saturated carbocycles. The summed E-state index contributed by atoms with van der Waals surface area (Å²) < 4.78 is 0. The fraction of sp³-hybridized carbons (Fsp3) is 0.300. The van der Waals surface area contributed by atoms with Gasteiger partial charge in [-0.25, -0.2) is 4.79 Å². The van der Waals surface area contributed by atoms with Crippen molar-refractivity contribution >= 4 is 29.2 Å². The van der Waals surface area contributed by atoms with Crippen molar-refractivity contribution in [1.29, 1.82) is 0 Å². The van der Waals surface area contributed by atoms with Gasteiger partial charge in [0.2, 0.25) is 11.8 Å². The van der Waals surface area contributed by atoms with E-state index in [-0.39, 0.29) is 0 Å². The van der Waals surface area contributed by atoms with Crippen molar-refractivity contribution in [2.24, 2.45) is 5.92 Å². The number of barbiturate groups is 1. The van der Waals surface area contributed by atoms with Crippen LogP contribution in [0, 0.1) is 5.92 Å². The van der Waals surface area contributed by atoms with Gasteiger partial charge in [-0.05, 0) is 35.2 Å². The summed E-state index contributed by atoms with van der Waals surface area (Å²) >= 11 is 1.57. The van der Waals surface area contributed by atoms with Gasteiger partial charge in [-0.3, -0.25) is 20.2 Å². The Bertz CT molecular complexity index is 407. The Hall–Kier alpha value is -1.69. The van der Waals surface area contributed by atoms with E-state index < -0.39 is 23.8 Å². The summed E-state index contributed by atoms with van der Waals surface area (Å²) in [7, 11) is 0. The Morgan fingerprint density at radius 2 is 1.88 bits per heavy atom. The standard InChI is InChI=1S/C10H10N2O3S/c13-8-7(9(14)12-10(15)11-8)2-1-6-3-4-16-5-6/h3-5,7H,1-2H2,(H2,11,12,13,14,15). The first-order chi connectivity index (χ1) is 7.66. The van der Waals surface area contributed by atoms with E-state index in [1.54, 1.807) is 11.3 Å². The molecule has 6 heteroatoms. The van der Waals surface area contributed by atoms with Crippen molar-refractivity contribution in [3.05, 3.63) is 22.4 Å². The van der Waals surface area contributed by atoms with Crippen LogP contribution in [0.15, 0.2) is 16.8 Å². The van der Waals surface area contributed by atoms with Crippen molar-refractivity contribution in [3.8, 4) is 0 Å². The minimum Gasteiger partial charge on any atom is -0.277 e. The van der Waals surface area contributed by atoms with Crippen LogP contribution in [0.4, 0.5) is 4.79 Å². The third-order valence-electron chi connectivity index (χ3n) is 2.41. The Morgan fingerprint density at radius 3 is 2.44 bits per heavy atom. The molecule has 1 aliphatic rings. The van der Waals surface area contributed by atoms with Crippen LogP contribution in [0.25, 0.3) is 0 Å². The van der Waals surface area contributed by atoms with E-state index in [9.17, 15) is 14.4 Å². The largest absolute Gasteiger partial charge is 0.328 e. The first-order valence-electron chi connectivity index (χ1n) is 4.83. The smallest absolute Gasteiger partial charge is 0.277 e. The SMILES string of the molecule is O=C1NC(=O)C(CCc2ccsc2)C(=O)N1. The Kier molecular flexibility index (Phi) is 3.00. The normalized spacial score (nSPS) is 17.1. The second-order valence-electron chi connectivity index (χ2n) is 3.53. The third kappa shape index (κ3) is 2.27. The van der Waals surface area contributed by atoms with Crippen molar-refractivity contribution in [3.63, 3.8) is 0 Å². The minimum atomic E-state index is -0.766. The van der Waals surface area contributed by atoms with E-state index in [0.29, 0.717) is 12.8 Å². The Balaban J connectivity index is 1.96. The maximum Gasteiger partial charge on any atom is 0.328 e. The zero-order valence-corrected chi connectivity index (χ0v) is 9.17. The van der Waals surface area contributed by atoms with Gasteiger partial charge in [0.1, 0.15) is 5.92 Å². The van der Waals surface area contributed by atoms with Crippen molar-refractivity contribution in [2.45, 2.75) is 12.8 Å². The van der Waals surface area contributed by atoms with Gasteiger partial charge < -0.3 is 0 Å². The van der Waals surface area contributed by atoms with E-state index >= 15 is 0 Å². The molecule has 1 saturated heterocycles. The number of rotatable bonds is 3. The molecule has 1 aromatic rings. The predicted octanol–water partition coefficient (Wildman–Crippen LogP) is 0.663. The number of hydrogen-bond acceptors (Lipinski definition) is 4. The van der Waals surface area contributed by atoms with Gasteiger partial charge in [-0.15, -0.1) is 0 Å². The van der Waals surface area contributed by atoms with E-state index in [0.717, 1.165) is 5.56 Å². The number of carbonyl (C=O) groups is 3. The molecule has 0 aromatic carbocycles. The second-order valence-corrected chi connectivity index (χ2v) is 4.31. The van der Waals surface area contributed by atoms with E-state index in [1.807, 2.05) is 16.8 Å². The number of carbonyl (C=O) groups excluding carboxylic acids is 3. The van der Waals surface area contributed by atoms with Crippen molar-refractivity contribution < 1.29 is 14.4 Å². The molecule has 0 bridgehead atoms. The fourth-order valence-electron chi connectivity index (χ4n) is 1.56. The molecule has 5 nitrogen and oxygen atoms in total. The highest BCUT2D eigenvalue weighted by molar-refractivity contribution is 7.07. The molecule has 0 radical (unpaired) electrons. The highest BCUT2D eigenvalue weighted by atomic mass is 32.1. The van der Waals surface area contributed by atoms with Gasteiger partial charge in [-0.2, -0.15) is 11.3 Å². The summed E-state index contributed by atoms with van der Waals surface area (Å²) in [5.41, 5.74) is 1.10. The molecule has 4 amide bonds. The molecule has 2 rings (SSSR count). The quantitative estimate of drug-likeness (QED) is 0.760. The molecule has 2 N–H and O–H groups in total. The second kappa shape index (κ2) is 4.44. The Labute approximate surface area is 95.8 Å². The number of aryl methyl sites for hydroxylation is 1. The molecule has 1 aromatic heterocycles. The maximum atomic E-state index is 11.4. The molecule has 2 heterocycles. The van der Waals surface area contributed by atoms with Crippen LogP contribution in [-0.2, 0) is 16.0 Å². The summed E-state index contributed by atoms with van der Waals surface area (Å²) in [4.78, 5) is 33.6. The highest BCUT2D eigenvalue weighted by Gasteiger charge is 2.33. The first-order valence-corrected chi connectivity index (χ1v) is 5.78. The average molecular weight is 238 g/mol. The molecule has 0 aliphatic carbocycles. The molecular formula is C10H10N2O3S. The number of amides is 4. The van der Waals surface area contributed by atoms with E-state index in [1.165, 1.54) is 0 Å². The van der Waals surface area contributed by atoms with E-state index in [4.69, 9.17) is 0 Å². The lowest BCUT2D eigenvalue weighted by atomic mass is 9.98. The summed E-state index contributed by atoms with van der Waals surface area (Å²) in [6, 6.07) is 1.22. The molecule has 16 heavy (non-hydrogen) atoms. The molecule has 1 fully saturated rings. The molecule has 0 spiro atoms. The van der Waals surface area contributed by atoms with Gasteiger partial charge in [0, 0.05) is 0 Å². The van der Waals surface area contributed by atoms with Crippen LogP contribution < -0.4 is 10.6 Å². The molecular weight excluding hydrogens is 228 g/mol. The maximum absolute atomic E-state index is 11.4. The highest BCUT2D eigenvalue weighted by Crippen LogP contribution is 2.14. The monoisotopic (exact) mass is 238 g/mol. The molecule has 84 valence electrons. The van der Waals surface area contributed by atoms with Gasteiger partial charge in [0.25, 0.3) is 0 Å². The van der Waals surface area contributed by atoms with Crippen LogP contribution in [0.3, 0.4) is 0 Å². The lowest BCUT2D eigenvalue weighted by molar-refractivity contribution is -0.136. The van der Waals surface area contributed by atoms with E-state index in [2.05, 4.69) is 10.6 Å². The summed E-state index contributed by atoms with van der Waals surface area (Å²) in [6.07, 6.45) is 1.07. The zero-order valence-electron chi connectivity index (χ0n) is 8.36. The fourth-order valence-corrected chi connectivity index (χ4v) is 2.26. The van der Waals surface area contributed by atoms with Crippen molar-refractivity contribution in [2.75, 3.05) is 0 Å². The lowest BCUT2D eigenvalue weighted by Gasteiger charge is -2.20.